The molecule has 1 aliphatic heterocycles. The number of benzene rings is 2. The summed E-state index contributed by atoms with van der Waals surface area (Å²) in [7, 11) is -0.404. The van der Waals surface area contributed by atoms with Crippen molar-refractivity contribution in [2.24, 2.45) is 0 Å². The zero-order valence-corrected chi connectivity index (χ0v) is 20.1. The molecular weight excluding hydrogens is 401 g/mol. The van der Waals surface area contributed by atoms with Crippen LogP contribution in [0.3, 0.4) is 0 Å². The normalized spacial score (nSPS) is 21.8. The van der Waals surface area contributed by atoms with E-state index in [9.17, 15) is 4.79 Å². The highest BCUT2D eigenvalue weighted by Gasteiger charge is 2.51. The Balaban J connectivity index is 1.45. The maximum absolute atomic E-state index is 12.7. The average molecular weight is 437 g/mol. The van der Waals surface area contributed by atoms with Crippen LogP contribution < -0.4 is 15.5 Å². The van der Waals surface area contributed by atoms with Crippen LogP contribution in [0.5, 0.6) is 5.75 Å². The van der Waals surface area contributed by atoms with Crippen LogP contribution in [0.4, 0.5) is 0 Å². The Morgan fingerprint density at radius 3 is 2.25 bits per heavy atom. The van der Waals surface area contributed by atoms with Gasteiger partial charge in [-0.2, -0.15) is 0 Å². The molecule has 2 aromatic rings. The van der Waals surface area contributed by atoms with Gasteiger partial charge in [0.2, 0.25) is 0 Å². The van der Waals surface area contributed by atoms with E-state index in [0.717, 1.165) is 29.1 Å². The minimum atomic E-state index is -0.540. The summed E-state index contributed by atoms with van der Waals surface area (Å²) in [6.07, 6.45) is 6.51. The summed E-state index contributed by atoms with van der Waals surface area (Å²) in [5, 5.41) is 5.32. The first kappa shape index (κ1) is 23.1. The minimum absolute atomic E-state index is 0.0389. The van der Waals surface area contributed by atoms with Gasteiger partial charge in [0.05, 0.1) is 11.2 Å². The van der Waals surface area contributed by atoms with E-state index < -0.39 is 13.2 Å². The summed E-state index contributed by atoms with van der Waals surface area (Å²) in [5.74, 6) is 0.648. The molecule has 0 radical (unpaired) electrons. The molecule has 2 fully saturated rings. The summed E-state index contributed by atoms with van der Waals surface area (Å²) in [6.45, 7) is 10.0. The lowest BCUT2D eigenvalue weighted by molar-refractivity contribution is -0.128. The number of ether oxygens (including phenoxy) is 1. The lowest BCUT2D eigenvalue weighted by Crippen LogP contribution is -2.42. The van der Waals surface area contributed by atoms with Crippen LogP contribution in [-0.2, 0) is 14.1 Å². The van der Waals surface area contributed by atoms with Crippen LogP contribution in [0.15, 0.2) is 36.4 Å². The molecule has 1 atom stereocenters. The molecule has 4 rings (SSSR count). The van der Waals surface area contributed by atoms with Gasteiger partial charge >= 0.3 is 7.12 Å². The second kappa shape index (κ2) is 9.07. The van der Waals surface area contributed by atoms with Crippen LogP contribution in [0.1, 0.15) is 73.1 Å². The number of amides is 1. The molecule has 0 spiro atoms. The largest absolute Gasteiger partial charge is 0.494 e. The van der Waals surface area contributed by atoms with E-state index in [1.807, 2.05) is 31.2 Å². The number of carbonyl (C=O) groups excluding carboxylic acids is 1. The van der Waals surface area contributed by atoms with E-state index in [-0.39, 0.29) is 23.2 Å². The van der Waals surface area contributed by atoms with E-state index in [4.69, 9.17) is 14.0 Å². The maximum atomic E-state index is 12.7. The average Bonchev–Trinajstić information content (AvgIpc) is 2.90. The van der Waals surface area contributed by atoms with E-state index >= 15 is 0 Å². The first-order valence-electron chi connectivity index (χ1n) is 12.0. The second-order valence-electron chi connectivity index (χ2n) is 10.3. The highest BCUT2D eigenvalue weighted by atomic mass is 16.7. The third-order valence-electron chi connectivity index (χ3n) is 7.24. The number of hydrogen-bond acceptors (Lipinski definition) is 4. The smallest absolute Gasteiger partial charge is 0.481 e. The quantitative estimate of drug-likeness (QED) is 0.542. The monoisotopic (exact) mass is 437 g/mol. The van der Waals surface area contributed by atoms with Crippen molar-refractivity contribution in [1.82, 2.24) is 5.32 Å². The lowest BCUT2D eigenvalue weighted by Gasteiger charge is -2.32. The fourth-order valence-corrected chi connectivity index (χ4v) is 4.44. The number of fused-ring (bicyclic) bond motifs is 1. The molecule has 0 bridgehead atoms. The molecule has 1 aliphatic carbocycles. The van der Waals surface area contributed by atoms with Crippen LogP contribution in [-0.4, -0.2) is 36.4 Å². The number of hydrogen-bond donors (Lipinski definition) is 1. The van der Waals surface area contributed by atoms with Gasteiger partial charge < -0.3 is 19.4 Å². The molecule has 172 valence electrons. The Morgan fingerprint density at radius 1 is 0.969 bits per heavy atom. The van der Waals surface area contributed by atoms with Crippen molar-refractivity contribution >= 4 is 29.3 Å². The summed E-state index contributed by atoms with van der Waals surface area (Å²) >= 11 is 0. The van der Waals surface area contributed by atoms with E-state index in [1.54, 1.807) is 0 Å². The van der Waals surface area contributed by atoms with Gasteiger partial charge in [0.1, 0.15) is 5.75 Å². The molecule has 1 saturated heterocycles. The molecule has 0 aromatic heterocycles. The predicted octanol–water partition coefficient (Wildman–Crippen LogP) is 4.75. The third kappa shape index (κ3) is 4.97. The molecule has 5 nitrogen and oxygen atoms in total. The first-order valence-corrected chi connectivity index (χ1v) is 12.0. The first-order chi connectivity index (χ1) is 15.1. The van der Waals surface area contributed by atoms with Crippen molar-refractivity contribution in [3.05, 3.63) is 36.4 Å². The fourth-order valence-electron chi connectivity index (χ4n) is 4.44. The molecule has 6 heteroatoms. The molecule has 1 heterocycles. The van der Waals surface area contributed by atoms with E-state index in [0.29, 0.717) is 5.75 Å². The maximum Gasteiger partial charge on any atom is 0.494 e. The van der Waals surface area contributed by atoms with Crippen LogP contribution in [0.25, 0.3) is 10.8 Å². The van der Waals surface area contributed by atoms with Gasteiger partial charge in [-0.3, -0.25) is 4.79 Å². The summed E-state index contributed by atoms with van der Waals surface area (Å²) < 4.78 is 18.4. The van der Waals surface area contributed by atoms with Gasteiger partial charge in [-0.25, -0.2) is 0 Å². The molecule has 1 N–H and O–H groups in total. The number of nitrogens with one attached hydrogen (secondary N) is 1. The lowest BCUT2D eigenvalue weighted by atomic mass is 9.78. The van der Waals surface area contributed by atoms with Gasteiger partial charge in [0, 0.05) is 6.04 Å². The van der Waals surface area contributed by atoms with E-state index in [2.05, 4.69) is 45.1 Å². The van der Waals surface area contributed by atoms with Crippen molar-refractivity contribution in [1.29, 1.82) is 0 Å². The molecule has 1 saturated carbocycles. The Kier molecular flexibility index (Phi) is 6.55. The van der Waals surface area contributed by atoms with Gasteiger partial charge in [0.15, 0.2) is 6.10 Å². The fraction of sp³-hybridized carbons (Fsp3) is 0.577. The summed E-state index contributed by atoms with van der Waals surface area (Å²) in [6, 6.07) is 12.4. The molecular formula is C26H36BNO4. The van der Waals surface area contributed by atoms with Gasteiger partial charge in [0.25, 0.3) is 5.91 Å². The molecule has 32 heavy (non-hydrogen) atoms. The summed E-state index contributed by atoms with van der Waals surface area (Å²) in [4.78, 5) is 12.7. The Hall–Kier alpha value is -2.05. The van der Waals surface area contributed by atoms with Crippen molar-refractivity contribution in [3.63, 3.8) is 0 Å². The van der Waals surface area contributed by atoms with Crippen molar-refractivity contribution in [2.45, 2.75) is 96.5 Å². The minimum Gasteiger partial charge on any atom is -0.481 e. The van der Waals surface area contributed by atoms with Crippen LogP contribution in [0.2, 0.25) is 0 Å². The number of carbonyl (C=O) groups is 1. The molecule has 1 amide bonds. The predicted molar refractivity (Wildman–Crippen MR) is 129 cm³/mol. The highest BCUT2D eigenvalue weighted by molar-refractivity contribution is 6.62. The molecule has 1 unspecified atom stereocenters. The Morgan fingerprint density at radius 2 is 1.59 bits per heavy atom. The zero-order chi connectivity index (χ0) is 22.9. The van der Waals surface area contributed by atoms with Crippen LogP contribution in [0, 0.1) is 0 Å². The standard InChI is InChI=1S/C26H36BNO4/c1-18(24(29)28-22-10-8-6-7-9-11-22)30-23-15-13-19-12-14-21(16-20(19)17-23)27-31-25(2,3)26(4,5)32-27/h12-18,22H,6-11H2,1-5H3,(H,28,29). The van der Waals surface area contributed by atoms with Crippen LogP contribution >= 0.6 is 0 Å². The summed E-state index contributed by atoms with van der Waals surface area (Å²) in [5.41, 5.74) is 0.225. The van der Waals surface area contributed by atoms with Crippen molar-refractivity contribution in [3.8, 4) is 5.75 Å². The van der Waals surface area contributed by atoms with Crippen molar-refractivity contribution in [2.75, 3.05) is 0 Å². The third-order valence-corrected chi connectivity index (χ3v) is 7.24. The van der Waals surface area contributed by atoms with Gasteiger partial charge in [-0.05, 0) is 75.8 Å². The molecule has 2 aliphatic rings. The SMILES string of the molecule is CC(Oc1ccc2ccc(B3OC(C)(C)C(C)(C)O3)cc2c1)C(=O)NC1CCCCCC1. The Bertz CT molecular complexity index is 949. The molecule has 2 aromatic carbocycles. The Labute approximate surface area is 192 Å². The highest BCUT2D eigenvalue weighted by Crippen LogP contribution is 2.36. The van der Waals surface area contributed by atoms with Gasteiger partial charge in [-0.1, -0.05) is 49.9 Å². The van der Waals surface area contributed by atoms with Crippen molar-refractivity contribution < 1.29 is 18.8 Å². The topological polar surface area (TPSA) is 56.8 Å². The van der Waals surface area contributed by atoms with E-state index in [1.165, 1.54) is 25.7 Å². The number of rotatable bonds is 5. The second-order valence-corrected chi connectivity index (χ2v) is 10.3. The van der Waals surface area contributed by atoms with Gasteiger partial charge in [-0.15, -0.1) is 0 Å². The zero-order valence-electron chi connectivity index (χ0n) is 20.1.